The molecule has 2 fully saturated rings. The first-order valence-corrected chi connectivity index (χ1v) is 22.0. The number of likely N-dealkylation sites (N-methyl/N-ethyl adjacent to an activating group) is 2. The molecule has 64 heavy (non-hydrogen) atoms. The molecule has 4 amide bonds. The summed E-state index contributed by atoms with van der Waals surface area (Å²) in [5, 5.41) is 12.8. The molecule has 0 bridgehead atoms. The quantitative estimate of drug-likeness (QED) is 0.0847. The van der Waals surface area contributed by atoms with Crippen LogP contribution in [-0.2, 0) is 51.1 Å². The van der Waals surface area contributed by atoms with Crippen molar-refractivity contribution in [3.05, 3.63) is 59.2 Å². The number of benzene rings is 2. The minimum absolute atomic E-state index is 0.0857. The van der Waals surface area contributed by atoms with Gasteiger partial charge in [-0.1, -0.05) is 13.8 Å². The van der Waals surface area contributed by atoms with Gasteiger partial charge in [-0.15, -0.1) is 0 Å². The Bertz CT molecular complexity index is 2240. The number of carbonyl (C=O) groups is 6. The molecule has 2 aromatic heterocycles. The van der Waals surface area contributed by atoms with Crippen LogP contribution in [0.3, 0.4) is 0 Å². The van der Waals surface area contributed by atoms with Crippen molar-refractivity contribution < 1.29 is 47.0 Å². The summed E-state index contributed by atoms with van der Waals surface area (Å²) < 4.78 is 41.3. The molecule has 3 unspecified atom stereocenters. The number of H-pyrrole nitrogens is 2. The Balaban J connectivity index is 1.44. The van der Waals surface area contributed by atoms with Crippen molar-refractivity contribution >= 4 is 57.4 Å². The smallest absolute Gasteiger partial charge is 0.302 e. The molecule has 2 aliphatic rings. The molecule has 6 rings (SSSR count). The molecule has 2 saturated heterocycles. The van der Waals surface area contributed by atoms with Gasteiger partial charge < -0.3 is 50.5 Å². The molecular formula is C46H60F2N8O8. The number of amides is 4. The second kappa shape index (κ2) is 20.3. The average molecular weight is 891 g/mol. The third-order valence-electron chi connectivity index (χ3n) is 12.5. The minimum Gasteiger partial charge on any atom is -0.461 e. The lowest BCUT2D eigenvalue weighted by Gasteiger charge is -2.30. The molecule has 4 heterocycles. The summed E-state index contributed by atoms with van der Waals surface area (Å²) in [6.07, 6.45) is 0.292. The molecule has 0 aliphatic carbocycles. The third kappa shape index (κ3) is 10.4. The topological polar surface area (TPSA) is 207 Å². The number of esters is 2. The Kier molecular flexibility index (Phi) is 15.1. The van der Waals surface area contributed by atoms with Crippen LogP contribution in [0.4, 0.5) is 8.78 Å². The summed E-state index contributed by atoms with van der Waals surface area (Å²) >= 11 is 0. The molecule has 4 aromatic rings. The van der Waals surface area contributed by atoms with Crippen LogP contribution in [-0.4, -0.2) is 131 Å². The van der Waals surface area contributed by atoms with Crippen LogP contribution < -0.4 is 21.3 Å². The van der Waals surface area contributed by atoms with E-state index in [1.54, 1.807) is 63.7 Å². The highest BCUT2D eigenvalue weighted by Crippen LogP contribution is 2.40. The van der Waals surface area contributed by atoms with Gasteiger partial charge in [0.05, 0.1) is 36.6 Å². The number of rotatable bonds is 17. The van der Waals surface area contributed by atoms with E-state index in [-0.39, 0.29) is 62.4 Å². The molecule has 2 aliphatic heterocycles. The highest BCUT2D eigenvalue weighted by Gasteiger charge is 2.43. The largest absolute Gasteiger partial charge is 0.461 e. The second-order valence-corrected chi connectivity index (χ2v) is 16.9. The third-order valence-corrected chi connectivity index (χ3v) is 12.5. The van der Waals surface area contributed by atoms with E-state index in [9.17, 15) is 37.5 Å². The van der Waals surface area contributed by atoms with Crippen LogP contribution >= 0.6 is 0 Å². The molecule has 2 aromatic carbocycles. The van der Waals surface area contributed by atoms with E-state index in [2.05, 4.69) is 31.2 Å². The molecule has 6 N–H and O–H groups in total. The number of fused-ring (bicyclic) bond motifs is 2. The van der Waals surface area contributed by atoms with Gasteiger partial charge in [0, 0.05) is 60.6 Å². The Morgan fingerprint density at radius 3 is 1.38 bits per heavy atom. The minimum atomic E-state index is -0.867. The van der Waals surface area contributed by atoms with Crippen LogP contribution in [0, 0.1) is 11.6 Å². The number of carbonyl (C=O) groups excluding carboxylic acids is 6. The van der Waals surface area contributed by atoms with Crippen LogP contribution in [0.25, 0.3) is 33.2 Å². The van der Waals surface area contributed by atoms with Gasteiger partial charge >= 0.3 is 11.9 Å². The molecular weight excluding hydrogens is 831 g/mol. The zero-order chi connectivity index (χ0) is 46.6. The maximum absolute atomic E-state index is 15.0. The van der Waals surface area contributed by atoms with Gasteiger partial charge in [0.15, 0.2) is 0 Å². The number of nitrogens with one attached hydrogen (secondary N) is 6. The standard InChI is InChI=1S/C46H60F2N8O8/c1-9-37(53-43(59)23(3)49-7)45(61)55-21-31(63-25(5)57)17-29(55)19-35-33-13-11-27(47)15-39(33)51-41(35)42-36(34-14-12-28(48)16-40(34)52-42)20-30-18-32(64-26(6)58)22-56(30)46(62)38(10-2)54-44(60)24(4)50-8/h11-16,23-24,29-32,37-38,49-52H,9-10,17-22H2,1-8H3,(H,53,59)(H,54,60)/t23-,24-,29-,30-,31?,32?,37-,38?/m0/s1. The SMILES string of the molecule is CCC(NC(=O)[C@H](C)NC)C(=O)N1CC(OC(C)=O)C[C@H]1Cc1c(-c2[nH]c3cc(F)ccc3c2C[C@@H]2CC(OC(C)=O)CN2C(=O)[C@H](CC)NC(=O)[C@H](C)NC)[nH]c2cc(F)ccc12. The lowest BCUT2D eigenvalue weighted by Crippen LogP contribution is -2.53. The van der Waals surface area contributed by atoms with Crippen LogP contribution in [0.1, 0.15) is 78.4 Å². The van der Waals surface area contributed by atoms with Crippen molar-refractivity contribution in [2.75, 3.05) is 27.2 Å². The van der Waals surface area contributed by atoms with Gasteiger partial charge in [0.25, 0.3) is 0 Å². The summed E-state index contributed by atoms with van der Waals surface area (Å²) in [5.74, 6) is -3.38. The average Bonchev–Trinajstić information content (AvgIpc) is 4.03. The fraction of sp³-hybridized carbons (Fsp3) is 0.522. The predicted octanol–water partition coefficient (Wildman–Crippen LogP) is 3.75. The maximum atomic E-state index is 15.0. The van der Waals surface area contributed by atoms with Gasteiger partial charge in [0.1, 0.15) is 35.9 Å². The number of aromatic amines is 2. The van der Waals surface area contributed by atoms with Gasteiger partial charge in [0.2, 0.25) is 23.6 Å². The second-order valence-electron chi connectivity index (χ2n) is 16.9. The number of nitrogens with zero attached hydrogens (tertiary/aromatic N) is 2. The fourth-order valence-electron chi connectivity index (χ4n) is 9.02. The summed E-state index contributed by atoms with van der Waals surface area (Å²) in [7, 11) is 3.29. The monoisotopic (exact) mass is 890 g/mol. The van der Waals surface area contributed by atoms with Gasteiger partial charge in [-0.05, 0) is 101 Å². The van der Waals surface area contributed by atoms with E-state index in [0.717, 1.165) is 0 Å². The van der Waals surface area contributed by atoms with Crippen molar-refractivity contribution in [2.24, 2.45) is 0 Å². The van der Waals surface area contributed by atoms with Crippen molar-refractivity contribution in [3.8, 4) is 11.4 Å². The first-order chi connectivity index (χ1) is 30.5. The number of aromatic nitrogens is 2. The van der Waals surface area contributed by atoms with Crippen molar-refractivity contribution in [3.63, 3.8) is 0 Å². The van der Waals surface area contributed by atoms with E-state index in [1.165, 1.54) is 38.1 Å². The highest BCUT2D eigenvalue weighted by molar-refractivity contribution is 5.97. The van der Waals surface area contributed by atoms with Crippen LogP contribution in [0.2, 0.25) is 0 Å². The van der Waals surface area contributed by atoms with E-state index in [4.69, 9.17) is 9.47 Å². The van der Waals surface area contributed by atoms with Crippen LogP contribution in [0.5, 0.6) is 0 Å². The van der Waals surface area contributed by atoms with Crippen molar-refractivity contribution in [1.29, 1.82) is 0 Å². The highest BCUT2D eigenvalue weighted by atomic mass is 19.1. The first kappa shape index (κ1) is 47.6. The number of likely N-dealkylation sites (tertiary alicyclic amines) is 2. The van der Waals surface area contributed by atoms with Crippen molar-refractivity contribution in [1.82, 2.24) is 41.0 Å². The molecule has 346 valence electrons. The van der Waals surface area contributed by atoms with Crippen molar-refractivity contribution in [2.45, 2.75) is 129 Å². The normalized spacial score (nSPS) is 20.5. The summed E-state index contributed by atoms with van der Waals surface area (Å²) in [6, 6.07) is 4.78. The molecule has 18 heteroatoms. The summed E-state index contributed by atoms with van der Waals surface area (Å²) in [6.45, 7) is 9.74. The van der Waals surface area contributed by atoms with E-state index in [0.29, 0.717) is 57.2 Å². The predicted molar refractivity (Wildman–Crippen MR) is 236 cm³/mol. The Morgan fingerprint density at radius 1 is 0.672 bits per heavy atom. The lowest BCUT2D eigenvalue weighted by molar-refractivity contribution is -0.147. The molecule has 0 spiro atoms. The maximum Gasteiger partial charge on any atom is 0.302 e. The fourth-order valence-corrected chi connectivity index (χ4v) is 9.02. The Morgan fingerprint density at radius 2 is 1.05 bits per heavy atom. The molecule has 0 saturated carbocycles. The van der Waals surface area contributed by atoms with Gasteiger partial charge in [-0.3, -0.25) is 28.8 Å². The summed E-state index contributed by atoms with van der Waals surface area (Å²) in [4.78, 5) is 89.2. The Hall–Kier alpha value is -5.88. The molecule has 16 nitrogen and oxygen atoms in total. The lowest BCUT2D eigenvalue weighted by atomic mass is 9.94. The number of ether oxygens (including phenoxy) is 2. The number of hydrogen-bond donors (Lipinski definition) is 6. The van der Waals surface area contributed by atoms with Crippen LogP contribution in [0.15, 0.2) is 36.4 Å². The molecule has 8 atom stereocenters. The van der Waals surface area contributed by atoms with E-state index < -0.39 is 72.0 Å². The molecule has 0 radical (unpaired) electrons. The summed E-state index contributed by atoms with van der Waals surface area (Å²) in [5.41, 5.74) is 3.37. The zero-order valence-corrected chi connectivity index (χ0v) is 37.7. The van der Waals surface area contributed by atoms with E-state index >= 15 is 0 Å². The number of hydrogen-bond acceptors (Lipinski definition) is 10. The Labute approximate surface area is 370 Å². The van der Waals surface area contributed by atoms with E-state index in [1.807, 2.05) is 0 Å². The number of halogens is 2. The zero-order valence-electron chi connectivity index (χ0n) is 37.7. The van der Waals surface area contributed by atoms with Gasteiger partial charge in [-0.2, -0.15) is 0 Å². The first-order valence-electron chi connectivity index (χ1n) is 22.0. The van der Waals surface area contributed by atoms with Gasteiger partial charge in [-0.25, -0.2) is 8.78 Å².